The fourth-order valence-corrected chi connectivity index (χ4v) is 4.24. The van der Waals surface area contributed by atoms with Gasteiger partial charge in [0.05, 0.1) is 6.07 Å². The normalized spacial score (nSPS) is 16.3. The molecule has 0 spiro atoms. The van der Waals surface area contributed by atoms with Crippen molar-refractivity contribution in [1.82, 2.24) is 4.31 Å². The van der Waals surface area contributed by atoms with Crippen LogP contribution in [-0.4, -0.2) is 25.3 Å². The van der Waals surface area contributed by atoms with E-state index in [1.165, 1.54) is 0 Å². The number of halogens is 3. The van der Waals surface area contributed by atoms with Gasteiger partial charge in [-0.2, -0.15) is 9.57 Å². The van der Waals surface area contributed by atoms with Crippen molar-refractivity contribution in [2.75, 3.05) is 6.54 Å². The molecule has 1 fully saturated rings. The molecule has 2 rings (SSSR count). The maximum atomic E-state index is 13.7. The van der Waals surface area contributed by atoms with Gasteiger partial charge in [0, 0.05) is 18.2 Å². The summed E-state index contributed by atoms with van der Waals surface area (Å²) in [5.74, 6) is -4.18. The van der Waals surface area contributed by atoms with Gasteiger partial charge in [-0.15, -0.1) is 0 Å². The van der Waals surface area contributed by atoms with Gasteiger partial charge in [-0.3, -0.25) is 0 Å². The van der Waals surface area contributed by atoms with Crippen molar-refractivity contribution in [3.8, 4) is 6.07 Å². The summed E-state index contributed by atoms with van der Waals surface area (Å²) in [6, 6.07) is 1.87. The highest BCUT2D eigenvalue weighted by atomic mass is 32.2. The van der Waals surface area contributed by atoms with Gasteiger partial charge in [0.15, 0.2) is 4.90 Å². The first kappa shape index (κ1) is 15.8. The molecule has 0 bridgehead atoms. The minimum absolute atomic E-state index is 0.315. The van der Waals surface area contributed by atoms with Crippen LogP contribution in [0.4, 0.5) is 13.2 Å². The average molecular weight is 318 g/mol. The average Bonchev–Trinajstić information content (AvgIpc) is 2.87. The predicted octanol–water partition coefficient (Wildman–Crippen LogP) is 2.56. The quantitative estimate of drug-likeness (QED) is 0.802. The molecule has 0 heterocycles. The maximum Gasteiger partial charge on any atom is 0.250 e. The lowest BCUT2D eigenvalue weighted by atomic mass is 10.2. The summed E-state index contributed by atoms with van der Waals surface area (Å²) in [6.45, 7) is -0.497. The number of hydrogen-bond donors (Lipinski definition) is 0. The lowest BCUT2D eigenvalue weighted by Gasteiger charge is -2.25. The lowest BCUT2D eigenvalue weighted by molar-refractivity contribution is 0.345. The Morgan fingerprint density at radius 2 is 1.71 bits per heavy atom. The van der Waals surface area contributed by atoms with Crippen LogP contribution in [0.5, 0.6) is 0 Å². The monoisotopic (exact) mass is 318 g/mol. The molecule has 4 nitrogen and oxygen atoms in total. The van der Waals surface area contributed by atoms with E-state index < -0.39 is 45.0 Å². The zero-order valence-corrected chi connectivity index (χ0v) is 11.8. The van der Waals surface area contributed by atoms with Crippen molar-refractivity contribution in [3.05, 3.63) is 29.6 Å². The van der Waals surface area contributed by atoms with Crippen LogP contribution in [-0.2, 0) is 10.0 Å². The summed E-state index contributed by atoms with van der Waals surface area (Å²) in [6.07, 6.45) is 2.64. The molecule has 0 aliphatic heterocycles. The molecule has 0 N–H and O–H groups in total. The lowest BCUT2D eigenvalue weighted by Crippen LogP contribution is -2.39. The van der Waals surface area contributed by atoms with E-state index in [-0.39, 0.29) is 0 Å². The van der Waals surface area contributed by atoms with E-state index in [1.807, 2.05) is 0 Å². The van der Waals surface area contributed by atoms with Crippen LogP contribution in [0, 0.1) is 28.8 Å². The molecule has 0 aromatic heterocycles. The van der Waals surface area contributed by atoms with E-state index in [9.17, 15) is 21.6 Å². The molecule has 114 valence electrons. The molecule has 8 heteroatoms. The van der Waals surface area contributed by atoms with E-state index in [2.05, 4.69) is 0 Å². The van der Waals surface area contributed by atoms with Gasteiger partial charge in [-0.05, 0) is 12.8 Å². The van der Waals surface area contributed by atoms with Gasteiger partial charge in [-0.1, -0.05) is 12.8 Å². The van der Waals surface area contributed by atoms with Crippen LogP contribution in [0.2, 0.25) is 0 Å². The third-order valence-corrected chi connectivity index (χ3v) is 5.44. The number of benzene rings is 1. The largest absolute Gasteiger partial charge is 0.250 e. The Hall–Kier alpha value is -1.59. The van der Waals surface area contributed by atoms with Gasteiger partial charge in [0.25, 0.3) is 0 Å². The molecule has 1 aliphatic carbocycles. The van der Waals surface area contributed by atoms with Crippen LogP contribution in [0.15, 0.2) is 17.0 Å². The summed E-state index contributed by atoms with van der Waals surface area (Å²) in [7, 11) is -4.53. The molecular weight excluding hydrogens is 305 g/mol. The van der Waals surface area contributed by atoms with Crippen LogP contribution in [0.3, 0.4) is 0 Å². The van der Waals surface area contributed by atoms with Gasteiger partial charge in [-0.25, -0.2) is 21.6 Å². The zero-order chi connectivity index (χ0) is 15.6. The fraction of sp³-hybridized carbons (Fsp3) is 0.462. The van der Waals surface area contributed by atoms with Crippen molar-refractivity contribution < 1.29 is 21.6 Å². The van der Waals surface area contributed by atoms with E-state index in [0.29, 0.717) is 25.0 Å². The standard InChI is InChI=1S/C13H13F3N2O2S/c14-9-7-11(15)13(12(16)8-9)21(19,20)18(6-5-17)10-3-1-2-4-10/h7-8,10H,1-4,6H2. The predicted molar refractivity (Wildman–Crippen MR) is 68.1 cm³/mol. The summed E-state index contributed by atoms with van der Waals surface area (Å²) in [4.78, 5) is -1.20. The zero-order valence-electron chi connectivity index (χ0n) is 11.0. The van der Waals surface area contributed by atoms with E-state index >= 15 is 0 Å². The van der Waals surface area contributed by atoms with Crippen LogP contribution in [0.1, 0.15) is 25.7 Å². The molecular formula is C13H13F3N2O2S. The Morgan fingerprint density at radius 3 is 2.19 bits per heavy atom. The topological polar surface area (TPSA) is 61.2 Å². The van der Waals surface area contributed by atoms with Crippen LogP contribution >= 0.6 is 0 Å². The Morgan fingerprint density at radius 1 is 1.19 bits per heavy atom. The minimum Gasteiger partial charge on any atom is -0.207 e. The molecule has 0 saturated heterocycles. The summed E-state index contributed by atoms with van der Waals surface area (Å²) in [5.41, 5.74) is 0. The Labute approximate surface area is 120 Å². The number of hydrogen-bond acceptors (Lipinski definition) is 3. The molecule has 1 aromatic rings. The fourth-order valence-electron chi connectivity index (χ4n) is 2.56. The number of nitrogens with zero attached hydrogens (tertiary/aromatic N) is 2. The molecule has 1 saturated carbocycles. The van der Waals surface area contributed by atoms with Gasteiger partial charge >= 0.3 is 0 Å². The first-order chi connectivity index (χ1) is 9.87. The van der Waals surface area contributed by atoms with Gasteiger partial charge < -0.3 is 0 Å². The van der Waals surface area contributed by atoms with Crippen LogP contribution in [0.25, 0.3) is 0 Å². The second kappa shape index (κ2) is 6.03. The van der Waals surface area contributed by atoms with Crippen molar-refractivity contribution in [3.63, 3.8) is 0 Å². The first-order valence-electron chi connectivity index (χ1n) is 6.41. The highest BCUT2D eigenvalue weighted by molar-refractivity contribution is 7.89. The van der Waals surface area contributed by atoms with E-state index in [4.69, 9.17) is 5.26 Å². The van der Waals surface area contributed by atoms with E-state index in [0.717, 1.165) is 17.1 Å². The van der Waals surface area contributed by atoms with Gasteiger partial charge in [0.2, 0.25) is 10.0 Å². The summed E-state index contributed by atoms with van der Waals surface area (Å²) in [5, 5.41) is 8.79. The van der Waals surface area contributed by atoms with Gasteiger partial charge in [0.1, 0.15) is 24.0 Å². The SMILES string of the molecule is N#CCN(C1CCCC1)S(=O)(=O)c1c(F)cc(F)cc1F. The highest BCUT2D eigenvalue weighted by Gasteiger charge is 2.37. The molecule has 0 atom stereocenters. The molecule has 0 radical (unpaired) electrons. The minimum atomic E-state index is -4.53. The van der Waals surface area contributed by atoms with Crippen molar-refractivity contribution in [1.29, 1.82) is 5.26 Å². The summed E-state index contributed by atoms with van der Waals surface area (Å²) < 4.78 is 66.0. The smallest absolute Gasteiger partial charge is 0.207 e. The first-order valence-corrected chi connectivity index (χ1v) is 7.85. The second-order valence-electron chi connectivity index (χ2n) is 4.85. The third kappa shape index (κ3) is 3.04. The number of rotatable bonds is 4. The third-order valence-electron chi connectivity index (χ3n) is 3.49. The summed E-state index contributed by atoms with van der Waals surface area (Å²) >= 11 is 0. The molecule has 1 aliphatic rings. The highest BCUT2D eigenvalue weighted by Crippen LogP contribution is 2.30. The Balaban J connectivity index is 2.51. The second-order valence-corrected chi connectivity index (χ2v) is 6.67. The van der Waals surface area contributed by atoms with Crippen LogP contribution < -0.4 is 0 Å². The van der Waals surface area contributed by atoms with Crippen molar-refractivity contribution in [2.45, 2.75) is 36.6 Å². The Kier molecular flexibility index (Phi) is 4.54. The number of sulfonamides is 1. The molecule has 0 unspecified atom stereocenters. The Bertz CT molecular complexity index is 656. The molecule has 1 aromatic carbocycles. The van der Waals surface area contributed by atoms with Crippen molar-refractivity contribution >= 4 is 10.0 Å². The molecule has 0 amide bonds. The molecule has 21 heavy (non-hydrogen) atoms. The van der Waals surface area contributed by atoms with E-state index in [1.54, 1.807) is 6.07 Å². The van der Waals surface area contributed by atoms with Crippen molar-refractivity contribution in [2.24, 2.45) is 0 Å². The number of nitriles is 1. The maximum absolute atomic E-state index is 13.7.